The molecule has 4 heteroatoms. The SMILES string of the molecule is COC(=O)c1ccc(C(C)=O)cn1. The first-order valence-electron chi connectivity index (χ1n) is 3.70. The molecule has 1 heterocycles. The molecule has 1 rings (SSSR count). The molecule has 0 N–H and O–H groups in total. The molecule has 0 amide bonds. The van der Waals surface area contributed by atoms with Crippen molar-refractivity contribution < 1.29 is 14.3 Å². The van der Waals surface area contributed by atoms with Crippen LogP contribution in [0.5, 0.6) is 0 Å². The molecule has 0 fully saturated rings. The van der Waals surface area contributed by atoms with Crippen molar-refractivity contribution >= 4 is 11.8 Å². The molecule has 0 aliphatic carbocycles. The fourth-order valence-corrected chi connectivity index (χ4v) is 0.827. The van der Waals surface area contributed by atoms with Crippen molar-refractivity contribution in [3.63, 3.8) is 0 Å². The highest BCUT2D eigenvalue weighted by Gasteiger charge is 2.07. The Bertz CT molecular complexity index is 329. The summed E-state index contributed by atoms with van der Waals surface area (Å²) in [5, 5.41) is 0. The molecule has 4 nitrogen and oxygen atoms in total. The summed E-state index contributed by atoms with van der Waals surface area (Å²) in [6.45, 7) is 1.44. The summed E-state index contributed by atoms with van der Waals surface area (Å²) in [6.07, 6.45) is 1.36. The number of hydrogen-bond donors (Lipinski definition) is 0. The summed E-state index contributed by atoms with van der Waals surface area (Å²) in [4.78, 5) is 25.5. The first-order valence-corrected chi connectivity index (χ1v) is 3.70. The van der Waals surface area contributed by atoms with Gasteiger partial charge in [0.2, 0.25) is 0 Å². The standard InChI is InChI=1S/C9H9NO3/c1-6(11)7-3-4-8(10-5-7)9(12)13-2/h3-5H,1-2H3. The van der Waals surface area contributed by atoms with E-state index in [0.29, 0.717) is 5.56 Å². The predicted molar refractivity (Wildman–Crippen MR) is 45.6 cm³/mol. The first kappa shape index (κ1) is 9.38. The van der Waals surface area contributed by atoms with Crippen LogP contribution < -0.4 is 0 Å². The molecule has 0 atom stereocenters. The zero-order chi connectivity index (χ0) is 9.84. The van der Waals surface area contributed by atoms with Crippen LogP contribution in [-0.2, 0) is 4.74 Å². The Morgan fingerprint density at radius 1 is 1.38 bits per heavy atom. The fourth-order valence-electron chi connectivity index (χ4n) is 0.827. The van der Waals surface area contributed by atoms with Crippen LogP contribution in [0.25, 0.3) is 0 Å². The minimum atomic E-state index is -0.505. The molecular formula is C9H9NO3. The largest absolute Gasteiger partial charge is 0.464 e. The zero-order valence-electron chi connectivity index (χ0n) is 7.40. The normalized spacial score (nSPS) is 9.38. The molecule has 1 aromatic rings. The van der Waals surface area contributed by atoms with Crippen molar-refractivity contribution in [1.82, 2.24) is 4.98 Å². The first-order chi connectivity index (χ1) is 6.15. The summed E-state index contributed by atoms with van der Waals surface area (Å²) in [6, 6.07) is 3.00. The van der Waals surface area contributed by atoms with Gasteiger partial charge in [0.1, 0.15) is 5.69 Å². The third kappa shape index (κ3) is 2.11. The summed E-state index contributed by atoms with van der Waals surface area (Å²) < 4.78 is 4.45. The molecule has 0 saturated heterocycles. The van der Waals surface area contributed by atoms with E-state index in [1.807, 2.05) is 0 Å². The Morgan fingerprint density at radius 3 is 2.46 bits per heavy atom. The van der Waals surface area contributed by atoms with Gasteiger partial charge in [-0.2, -0.15) is 0 Å². The topological polar surface area (TPSA) is 56.3 Å². The predicted octanol–water partition coefficient (Wildman–Crippen LogP) is 1.07. The van der Waals surface area contributed by atoms with E-state index in [0.717, 1.165) is 0 Å². The molecule has 0 bridgehead atoms. The monoisotopic (exact) mass is 179 g/mol. The molecule has 1 aromatic heterocycles. The van der Waals surface area contributed by atoms with E-state index in [4.69, 9.17) is 0 Å². The average molecular weight is 179 g/mol. The lowest BCUT2D eigenvalue weighted by Crippen LogP contribution is -2.05. The van der Waals surface area contributed by atoms with Gasteiger partial charge in [-0.15, -0.1) is 0 Å². The van der Waals surface area contributed by atoms with Crippen molar-refractivity contribution in [2.75, 3.05) is 7.11 Å². The average Bonchev–Trinajstić information content (AvgIpc) is 2.17. The van der Waals surface area contributed by atoms with E-state index in [1.165, 1.54) is 26.3 Å². The van der Waals surface area contributed by atoms with Gasteiger partial charge in [0.05, 0.1) is 7.11 Å². The van der Waals surface area contributed by atoms with Crippen molar-refractivity contribution in [1.29, 1.82) is 0 Å². The molecule has 13 heavy (non-hydrogen) atoms. The lowest BCUT2D eigenvalue weighted by atomic mass is 10.2. The Morgan fingerprint density at radius 2 is 2.08 bits per heavy atom. The molecule has 0 saturated carbocycles. The van der Waals surface area contributed by atoms with Gasteiger partial charge < -0.3 is 4.74 Å². The van der Waals surface area contributed by atoms with Gasteiger partial charge >= 0.3 is 5.97 Å². The third-order valence-electron chi connectivity index (χ3n) is 1.56. The molecule has 0 aromatic carbocycles. The highest BCUT2D eigenvalue weighted by molar-refractivity contribution is 5.94. The van der Waals surface area contributed by atoms with E-state index in [1.54, 1.807) is 6.07 Å². The number of methoxy groups -OCH3 is 1. The number of carbonyl (C=O) groups excluding carboxylic acids is 2. The maximum Gasteiger partial charge on any atom is 0.356 e. The summed E-state index contributed by atoms with van der Waals surface area (Å²) in [5.41, 5.74) is 0.681. The van der Waals surface area contributed by atoms with Crippen molar-refractivity contribution in [2.45, 2.75) is 6.92 Å². The van der Waals surface area contributed by atoms with E-state index in [2.05, 4.69) is 9.72 Å². The van der Waals surface area contributed by atoms with E-state index in [-0.39, 0.29) is 11.5 Å². The number of esters is 1. The number of carbonyl (C=O) groups is 2. The second-order valence-electron chi connectivity index (χ2n) is 2.48. The van der Waals surface area contributed by atoms with Gasteiger partial charge in [-0.05, 0) is 19.1 Å². The number of ketones is 1. The quantitative estimate of drug-likeness (QED) is 0.503. The highest BCUT2D eigenvalue weighted by atomic mass is 16.5. The Balaban J connectivity index is 2.93. The van der Waals surface area contributed by atoms with Gasteiger partial charge in [0.25, 0.3) is 0 Å². The van der Waals surface area contributed by atoms with E-state index in [9.17, 15) is 9.59 Å². The van der Waals surface area contributed by atoms with Crippen LogP contribution in [0.1, 0.15) is 27.8 Å². The zero-order valence-corrected chi connectivity index (χ0v) is 7.40. The third-order valence-corrected chi connectivity index (χ3v) is 1.56. The second kappa shape index (κ2) is 3.80. The van der Waals surface area contributed by atoms with Gasteiger partial charge in [-0.25, -0.2) is 9.78 Å². The number of rotatable bonds is 2. The minimum absolute atomic E-state index is 0.0797. The van der Waals surface area contributed by atoms with Crippen LogP contribution >= 0.6 is 0 Å². The molecular weight excluding hydrogens is 170 g/mol. The minimum Gasteiger partial charge on any atom is -0.464 e. The van der Waals surface area contributed by atoms with Crippen LogP contribution in [0.15, 0.2) is 18.3 Å². The fraction of sp³-hybridized carbons (Fsp3) is 0.222. The van der Waals surface area contributed by atoms with Crippen LogP contribution in [0.3, 0.4) is 0 Å². The van der Waals surface area contributed by atoms with Gasteiger partial charge in [-0.1, -0.05) is 0 Å². The summed E-state index contributed by atoms with van der Waals surface area (Å²) in [7, 11) is 1.28. The maximum atomic E-state index is 10.9. The lowest BCUT2D eigenvalue weighted by Gasteiger charge is -1.98. The number of aromatic nitrogens is 1. The Kier molecular flexibility index (Phi) is 2.74. The number of Topliss-reactive ketones (excluding diaryl/α,β-unsaturated/α-hetero) is 1. The number of hydrogen-bond acceptors (Lipinski definition) is 4. The molecule has 0 unspecified atom stereocenters. The molecule has 0 radical (unpaired) electrons. The highest BCUT2D eigenvalue weighted by Crippen LogP contribution is 2.01. The van der Waals surface area contributed by atoms with Gasteiger partial charge in [0, 0.05) is 11.8 Å². The van der Waals surface area contributed by atoms with Gasteiger partial charge in [0.15, 0.2) is 5.78 Å². The summed E-state index contributed by atoms with van der Waals surface area (Å²) >= 11 is 0. The van der Waals surface area contributed by atoms with Crippen molar-refractivity contribution in [3.8, 4) is 0 Å². The van der Waals surface area contributed by atoms with E-state index < -0.39 is 5.97 Å². The number of pyridine rings is 1. The van der Waals surface area contributed by atoms with Crippen LogP contribution in [0, 0.1) is 0 Å². The second-order valence-corrected chi connectivity index (χ2v) is 2.48. The van der Waals surface area contributed by atoms with Gasteiger partial charge in [-0.3, -0.25) is 4.79 Å². The molecule has 68 valence electrons. The van der Waals surface area contributed by atoms with Crippen LogP contribution in [0.2, 0.25) is 0 Å². The molecule has 0 spiro atoms. The van der Waals surface area contributed by atoms with Crippen LogP contribution in [0.4, 0.5) is 0 Å². The maximum absolute atomic E-state index is 10.9. The molecule has 0 aliphatic heterocycles. The summed E-state index contributed by atoms with van der Waals surface area (Å²) in [5.74, 6) is -0.584. The smallest absolute Gasteiger partial charge is 0.356 e. The molecule has 0 aliphatic rings. The Labute approximate surface area is 75.5 Å². The van der Waals surface area contributed by atoms with Crippen molar-refractivity contribution in [2.24, 2.45) is 0 Å². The lowest BCUT2D eigenvalue weighted by molar-refractivity contribution is 0.0593. The van der Waals surface area contributed by atoms with E-state index >= 15 is 0 Å². The van der Waals surface area contributed by atoms with Crippen LogP contribution in [-0.4, -0.2) is 23.8 Å². The van der Waals surface area contributed by atoms with Crippen molar-refractivity contribution in [3.05, 3.63) is 29.6 Å². The Hall–Kier alpha value is -1.71. The number of ether oxygens (including phenoxy) is 1. The number of nitrogens with zero attached hydrogens (tertiary/aromatic N) is 1.